The maximum atomic E-state index is 13.5. The molecular formula is C36H31N3O6S. The number of carbonyl (C=O) groups is 5. The van der Waals surface area contributed by atoms with Crippen LogP contribution in [0.4, 0.5) is 11.4 Å². The molecule has 46 heavy (non-hydrogen) atoms. The number of carbonyl (C=O) groups excluding carboxylic acids is 5. The van der Waals surface area contributed by atoms with Gasteiger partial charge in [0.25, 0.3) is 11.8 Å². The van der Waals surface area contributed by atoms with E-state index in [2.05, 4.69) is 10.6 Å². The zero-order chi connectivity index (χ0) is 32.6. The highest BCUT2D eigenvalue weighted by molar-refractivity contribution is 8.00. The van der Waals surface area contributed by atoms with E-state index >= 15 is 0 Å². The summed E-state index contributed by atoms with van der Waals surface area (Å²) in [6, 6.07) is 29.2. The van der Waals surface area contributed by atoms with Gasteiger partial charge in [-0.3, -0.25) is 19.2 Å². The molecule has 1 heterocycles. The van der Waals surface area contributed by atoms with Crippen LogP contribution in [0.2, 0.25) is 0 Å². The number of esters is 1. The Hall–Kier alpha value is -5.48. The van der Waals surface area contributed by atoms with Crippen LogP contribution in [-0.2, 0) is 19.1 Å². The minimum absolute atomic E-state index is 0.00535. The summed E-state index contributed by atoms with van der Waals surface area (Å²) >= 11 is 1.22. The van der Waals surface area contributed by atoms with Gasteiger partial charge in [-0.25, -0.2) is 9.69 Å². The Labute approximate surface area is 270 Å². The number of hydrogen-bond donors (Lipinski definition) is 2. The minimum Gasteiger partial charge on any atom is -0.462 e. The highest BCUT2D eigenvalue weighted by Gasteiger charge is 2.40. The van der Waals surface area contributed by atoms with E-state index < -0.39 is 23.0 Å². The third-order valence-electron chi connectivity index (χ3n) is 6.99. The molecule has 1 aliphatic rings. The molecule has 0 spiro atoms. The number of hydrogen-bond acceptors (Lipinski definition) is 7. The highest BCUT2D eigenvalue weighted by atomic mass is 32.2. The first-order chi connectivity index (χ1) is 22.2. The van der Waals surface area contributed by atoms with Gasteiger partial charge in [0, 0.05) is 22.6 Å². The predicted molar refractivity (Wildman–Crippen MR) is 177 cm³/mol. The van der Waals surface area contributed by atoms with E-state index in [0.29, 0.717) is 27.4 Å². The molecule has 5 rings (SSSR count). The van der Waals surface area contributed by atoms with E-state index in [1.165, 1.54) is 23.9 Å². The van der Waals surface area contributed by atoms with Crippen molar-refractivity contribution in [2.24, 2.45) is 0 Å². The van der Waals surface area contributed by atoms with Crippen molar-refractivity contribution in [3.05, 3.63) is 131 Å². The zero-order valence-electron chi connectivity index (χ0n) is 25.2. The summed E-state index contributed by atoms with van der Waals surface area (Å²) in [6.07, 6.45) is 1.60. The quantitative estimate of drug-likeness (QED) is 0.125. The maximum absolute atomic E-state index is 13.5. The Morgan fingerprint density at radius 2 is 1.63 bits per heavy atom. The molecule has 4 aromatic rings. The zero-order valence-corrected chi connectivity index (χ0v) is 26.0. The number of rotatable bonds is 10. The van der Waals surface area contributed by atoms with Gasteiger partial charge in [0.05, 0.1) is 23.1 Å². The number of ether oxygens (including phenoxy) is 1. The van der Waals surface area contributed by atoms with Gasteiger partial charge in [-0.05, 0) is 80.1 Å². The van der Waals surface area contributed by atoms with Crippen LogP contribution in [0.15, 0.2) is 114 Å². The molecule has 9 nitrogen and oxygen atoms in total. The summed E-state index contributed by atoms with van der Waals surface area (Å²) in [6.45, 7) is 3.89. The van der Waals surface area contributed by atoms with Crippen LogP contribution < -0.4 is 15.5 Å². The van der Waals surface area contributed by atoms with Crippen LogP contribution in [0.25, 0.3) is 6.08 Å². The monoisotopic (exact) mass is 633 g/mol. The molecule has 1 saturated heterocycles. The third-order valence-corrected chi connectivity index (χ3v) is 8.17. The van der Waals surface area contributed by atoms with Crippen molar-refractivity contribution in [1.82, 2.24) is 5.32 Å². The second kappa shape index (κ2) is 14.5. The van der Waals surface area contributed by atoms with E-state index in [4.69, 9.17) is 4.74 Å². The minimum atomic E-state index is -0.676. The summed E-state index contributed by atoms with van der Waals surface area (Å²) in [7, 11) is 0. The summed E-state index contributed by atoms with van der Waals surface area (Å²) in [4.78, 5) is 66.3. The molecule has 1 aliphatic heterocycles. The topological polar surface area (TPSA) is 122 Å². The Bertz CT molecular complexity index is 1820. The SMILES string of the molecule is CCOC(=O)c1ccc(N2C(=O)C[C@H](Sc3cccc(NC(=O)/C(=C/c4cccc(C)c4)NC(=O)c4ccccc4)c3)C2=O)cc1. The molecule has 1 fully saturated rings. The Balaban J connectivity index is 1.30. The number of nitrogens with one attached hydrogen (secondary N) is 2. The molecule has 232 valence electrons. The van der Waals surface area contributed by atoms with Crippen LogP contribution in [0.5, 0.6) is 0 Å². The van der Waals surface area contributed by atoms with Gasteiger partial charge in [-0.15, -0.1) is 11.8 Å². The summed E-state index contributed by atoms with van der Waals surface area (Å²) < 4.78 is 4.99. The van der Waals surface area contributed by atoms with Crippen molar-refractivity contribution in [2.45, 2.75) is 30.4 Å². The van der Waals surface area contributed by atoms with Gasteiger partial charge >= 0.3 is 5.97 Å². The Morgan fingerprint density at radius 1 is 0.891 bits per heavy atom. The molecule has 0 unspecified atom stereocenters. The molecule has 0 saturated carbocycles. The lowest BCUT2D eigenvalue weighted by atomic mass is 10.1. The van der Waals surface area contributed by atoms with Gasteiger partial charge in [0.2, 0.25) is 11.8 Å². The lowest BCUT2D eigenvalue weighted by molar-refractivity contribution is -0.121. The maximum Gasteiger partial charge on any atom is 0.338 e. The van der Waals surface area contributed by atoms with E-state index in [1.807, 2.05) is 31.2 Å². The predicted octanol–water partition coefficient (Wildman–Crippen LogP) is 6.01. The molecule has 1 atom stereocenters. The number of aryl methyl sites for hydroxylation is 1. The summed E-state index contributed by atoms with van der Waals surface area (Å²) in [5.41, 5.74) is 3.35. The standard InChI is InChI=1S/C36H31N3O6S/c1-3-45-36(44)26-15-17-28(18-16-26)39-32(40)22-31(35(39)43)46-29-14-8-13-27(21-29)37-34(42)30(20-24-10-7-9-23(2)19-24)38-33(41)25-11-5-4-6-12-25/h4-21,31H,3,22H2,1-2H3,(H,37,42)(H,38,41)/b30-20-/t31-/m0/s1. The van der Waals surface area contributed by atoms with Crippen LogP contribution in [0.3, 0.4) is 0 Å². The fourth-order valence-corrected chi connectivity index (χ4v) is 5.92. The van der Waals surface area contributed by atoms with Crippen LogP contribution >= 0.6 is 11.8 Å². The second-order valence-electron chi connectivity index (χ2n) is 10.4. The first kappa shape index (κ1) is 31.9. The lowest BCUT2D eigenvalue weighted by Gasteiger charge is -2.16. The van der Waals surface area contributed by atoms with E-state index in [-0.39, 0.29) is 30.5 Å². The number of imide groups is 1. The number of amides is 4. The average molecular weight is 634 g/mol. The summed E-state index contributed by atoms with van der Waals surface area (Å²) in [5.74, 6) is -2.16. The first-order valence-electron chi connectivity index (χ1n) is 14.6. The Kier molecular flexibility index (Phi) is 10.1. The number of benzene rings is 4. The van der Waals surface area contributed by atoms with Crippen molar-refractivity contribution in [3.8, 4) is 0 Å². The lowest BCUT2D eigenvalue weighted by Crippen LogP contribution is -2.31. The number of nitrogens with zero attached hydrogens (tertiary/aromatic N) is 1. The van der Waals surface area contributed by atoms with Crippen molar-refractivity contribution in [1.29, 1.82) is 0 Å². The van der Waals surface area contributed by atoms with Gasteiger partial charge in [-0.1, -0.05) is 54.1 Å². The molecule has 0 radical (unpaired) electrons. The van der Waals surface area contributed by atoms with Crippen molar-refractivity contribution < 1.29 is 28.7 Å². The molecule has 4 amide bonds. The van der Waals surface area contributed by atoms with Crippen LogP contribution in [-0.4, -0.2) is 41.5 Å². The second-order valence-corrected chi connectivity index (χ2v) is 11.7. The van der Waals surface area contributed by atoms with Gasteiger partial charge in [0.15, 0.2) is 0 Å². The Morgan fingerprint density at radius 3 is 2.35 bits per heavy atom. The summed E-state index contributed by atoms with van der Waals surface area (Å²) in [5, 5.41) is 4.90. The van der Waals surface area contributed by atoms with Gasteiger partial charge in [0.1, 0.15) is 5.70 Å². The number of anilines is 2. The first-order valence-corrected chi connectivity index (χ1v) is 15.5. The normalized spacial score (nSPS) is 14.6. The van der Waals surface area contributed by atoms with E-state index in [1.54, 1.807) is 79.7 Å². The molecule has 10 heteroatoms. The third kappa shape index (κ3) is 7.77. The molecule has 4 aromatic carbocycles. The number of thioether (sulfide) groups is 1. The van der Waals surface area contributed by atoms with E-state index in [9.17, 15) is 24.0 Å². The highest BCUT2D eigenvalue weighted by Crippen LogP contribution is 2.35. The van der Waals surface area contributed by atoms with Gasteiger partial charge in [-0.2, -0.15) is 0 Å². The molecule has 0 bridgehead atoms. The smallest absolute Gasteiger partial charge is 0.338 e. The molecular weight excluding hydrogens is 602 g/mol. The molecule has 2 N–H and O–H groups in total. The van der Waals surface area contributed by atoms with Crippen molar-refractivity contribution >= 4 is 58.8 Å². The fraction of sp³-hybridized carbons (Fsp3) is 0.139. The van der Waals surface area contributed by atoms with Crippen molar-refractivity contribution in [2.75, 3.05) is 16.8 Å². The van der Waals surface area contributed by atoms with Crippen molar-refractivity contribution in [3.63, 3.8) is 0 Å². The van der Waals surface area contributed by atoms with Crippen LogP contribution in [0.1, 0.15) is 45.2 Å². The fourth-order valence-electron chi connectivity index (χ4n) is 4.81. The van der Waals surface area contributed by atoms with Gasteiger partial charge < -0.3 is 15.4 Å². The van der Waals surface area contributed by atoms with Crippen LogP contribution in [0, 0.1) is 6.92 Å². The molecule has 0 aromatic heterocycles. The average Bonchev–Trinajstić information content (AvgIpc) is 3.33. The molecule has 0 aliphatic carbocycles. The largest absolute Gasteiger partial charge is 0.462 e. The van der Waals surface area contributed by atoms with E-state index in [0.717, 1.165) is 16.0 Å².